The third-order valence-corrected chi connectivity index (χ3v) is 6.26. The van der Waals surface area contributed by atoms with Gasteiger partial charge in [0, 0.05) is 9.90 Å². The molecule has 146 valence electrons. The van der Waals surface area contributed by atoms with Gasteiger partial charge in [-0.2, -0.15) is 0 Å². The molecule has 2 aromatic heterocycles. The van der Waals surface area contributed by atoms with Gasteiger partial charge < -0.3 is 19.8 Å². The minimum atomic E-state index is -0.155. The molecule has 0 saturated carbocycles. The molecule has 4 rings (SSSR count). The molecule has 0 spiro atoms. The fraction of sp³-hybridized carbons (Fsp3) is 0.286. The third-order valence-electron chi connectivity index (χ3n) is 4.78. The molecular weight excluding hydrogens is 396 g/mol. The van der Waals surface area contributed by atoms with Gasteiger partial charge in [0.15, 0.2) is 0 Å². The first-order chi connectivity index (χ1) is 13.5. The second kappa shape index (κ2) is 7.89. The van der Waals surface area contributed by atoms with Gasteiger partial charge in [0.1, 0.15) is 22.3 Å². The Balaban J connectivity index is 1.61. The number of nitrogens with one attached hydrogen (secondary N) is 2. The van der Waals surface area contributed by atoms with E-state index in [-0.39, 0.29) is 5.91 Å². The van der Waals surface area contributed by atoms with Gasteiger partial charge in [-0.3, -0.25) is 4.79 Å². The number of ether oxygens (including phenoxy) is 1. The number of amides is 1. The van der Waals surface area contributed by atoms with E-state index in [0.29, 0.717) is 28.6 Å². The van der Waals surface area contributed by atoms with Gasteiger partial charge in [0.05, 0.1) is 24.9 Å². The molecule has 1 amide bonds. The maximum atomic E-state index is 13.2. The molecule has 2 N–H and O–H groups in total. The molecule has 5 nitrogen and oxygen atoms in total. The van der Waals surface area contributed by atoms with Gasteiger partial charge in [-0.25, -0.2) is 0 Å². The van der Waals surface area contributed by atoms with E-state index < -0.39 is 0 Å². The van der Waals surface area contributed by atoms with E-state index in [1.54, 1.807) is 36.6 Å². The van der Waals surface area contributed by atoms with E-state index in [2.05, 4.69) is 10.6 Å². The van der Waals surface area contributed by atoms with Gasteiger partial charge >= 0.3 is 0 Å². The Bertz CT molecular complexity index is 1020. The summed E-state index contributed by atoms with van der Waals surface area (Å²) in [7, 11) is 1.57. The van der Waals surface area contributed by atoms with Gasteiger partial charge in [-0.1, -0.05) is 11.6 Å². The summed E-state index contributed by atoms with van der Waals surface area (Å²) in [4.78, 5) is 14.5. The van der Waals surface area contributed by atoms with Crippen molar-refractivity contribution in [1.29, 1.82) is 0 Å². The number of anilines is 2. The van der Waals surface area contributed by atoms with Crippen LogP contribution in [0.15, 0.2) is 34.7 Å². The van der Waals surface area contributed by atoms with Gasteiger partial charge in [0.25, 0.3) is 5.91 Å². The van der Waals surface area contributed by atoms with Crippen LogP contribution in [0.1, 0.15) is 38.7 Å². The Labute approximate surface area is 172 Å². The minimum absolute atomic E-state index is 0.155. The van der Waals surface area contributed by atoms with Crippen LogP contribution in [0, 0.1) is 6.92 Å². The smallest absolute Gasteiger partial charge is 0.259 e. The zero-order valence-electron chi connectivity index (χ0n) is 15.7. The molecule has 3 aromatic rings. The fourth-order valence-electron chi connectivity index (χ4n) is 3.48. The highest BCUT2D eigenvalue weighted by Crippen LogP contribution is 2.40. The molecule has 0 bridgehead atoms. The summed E-state index contributed by atoms with van der Waals surface area (Å²) in [6.07, 6.45) is 3.02. The van der Waals surface area contributed by atoms with E-state index in [1.165, 1.54) is 4.88 Å². The topological polar surface area (TPSA) is 63.5 Å². The second-order valence-electron chi connectivity index (χ2n) is 6.73. The molecule has 28 heavy (non-hydrogen) atoms. The maximum absolute atomic E-state index is 13.2. The molecule has 1 aromatic carbocycles. The molecule has 2 heterocycles. The number of fused-ring (bicyclic) bond motifs is 1. The Morgan fingerprint density at radius 1 is 1.29 bits per heavy atom. The van der Waals surface area contributed by atoms with Gasteiger partial charge in [0.2, 0.25) is 0 Å². The van der Waals surface area contributed by atoms with Crippen LogP contribution in [0.3, 0.4) is 0 Å². The van der Waals surface area contributed by atoms with Crippen molar-refractivity contribution in [3.8, 4) is 5.75 Å². The first kappa shape index (κ1) is 18.9. The van der Waals surface area contributed by atoms with Crippen molar-refractivity contribution in [2.75, 3.05) is 17.7 Å². The van der Waals surface area contributed by atoms with Crippen molar-refractivity contribution in [3.05, 3.63) is 62.9 Å². The predicted molar refractivity (Wildman–Crippen MR) is 113 cm³/mol. The van der Waals surface area contributed by atoms with E-state index in [9.17, 15) is 4.79 Å². The Morgan fingerprint density at radius 3 is 2.89 bits per heavy atom. The third kappa shape index (κ3) is 3.75. The van der Waals surface area contributed by atoms with E-state index in [0.717, 1.165) is 41.3 Å². The van der Waals surface area contributed by atoms with E-state index in [4.69, 9.17) is 20.8 Å². The van der Waals surface area contributed by atoms with Crippen LogP contribution in [0.2, 0.25) is 5.02 Å². The van der Waals surface area contributed by atoms with Crippen LogP contribution in [0.5, 0.6) is 5.75 Å². The number of hydrogen-bond acceptors (Lipinski definition) is 5. The Morgan fingerprint density at radius 2 is 2.14 bits per heavy atom. The molecule has 0 unspecified atom stereocenters. The van der Waals surface area contributed by atoms with Crippen molar-refractivity contribution in [2.45, 2.75) is 32.7 Å². The zero-order valence-corrected chi connectivity index (χ0v) is 17.3. The summed E-state index contributed by atoms with van der Waals surface area (Å²) in [5.74, 6) is 2.13. The largest absolute Gasteiger partial charge is 0.495 e. The number of furan rings is 1. The van der Waals surface area contributed by atoms with Crippen molar-refractivity contribution in [2.24, 2.45) is 0 Å². The minimum Gasteiger partial charge on any atom is -0.495 e. The summed E-state index contributed by atoms with van der Waals surface area (Å²) >= 11 is 7.75. The van der Waals surface area contributed by atoms with Crippen LogP contribution in [0.25, 0.3) is 0 Å². The molecule has 0 fully saturated rings. The van der Waals surface area contributed by atoms with E-state index >= 15 is 0 Å². The van der Waals surface area contributed by atoms with Crippen molar-refractivity contribution < 1.29 is 13.9 Å². The quantitative estimate of drug-likeness (QED) is 0.543. The first-order valence-corrected chi connectivity index (χ1v) is 10.3. The lowest BCUT2D eigenvalue weighted by atomic mass is 10.1. The van der Waals surface area contributed by atoms with Crippen molar-refractivity contribution >= 4 is 39.5 Å². The fourth-order valence-corrected chi connectivity index (χ4v) is 4.93. The highest BCUT2D eigenvalue weighted by Gasteiger charge is 2.27. The highest BCUT2D eigenvalue weighted by atomic mass is 35.5. The van der Waals surface area contributed by atoms with Crippen LogP contribution >= 0.6 is 22.9 Å². The summed E-state index contributed by atoms with van der Waals surface area (Å²) in [6.45, 7) is 2.45. The van der Waals surface area contributed by atoms with Crippen LogP contribution in [-0.4, -0.2) is 13.0 Å². The monoisotopic (exact) mass is 416 g/mol. The molecule has 1 aliphatic carbocycles. The lowest BCUT2D eigenvalue weighted by molar-refractivity contribution is 0.102. The SMILES string of the molecule is COc1ccc(Cl)cc1NC(=O)c1c(NCc2ccc(C)o2)sc2c1CCC2. The van der Waals surface area contributed by atoms with Crippen molar-refractivity contribution in [3.63, 3.8) is 0 Å². The summed E-state index contributed by atoms with van der Waals surface area (Å²) in [5, 5.41) is 7.77. The number of benzene rings is 1. The number of halogens is 1. The molecule has 1 aliphatic rings. The normalized spacial score (nSPS) is 12.7. The Hall–Kier alpha value is -2.44. The first-order valence-electron chi connectivity index (χ1n) is 9.13. The van der Waals surface area contributed by atoms with Crippen LogP contribution in [-0.2, 0) is 19.4 Å². The molecule has 0 atom stereocenters. The molecule has 0 radical (unpaired) electrons. The molecule has 7 heteroatoms. The lowest BCUT2D eigenvalue weighted by Gasteiger charge is -2.12. The van der Waals surface area contributed by atoms with Gasteiger partial charge in [-0.05, 0) is 62.1 Å². The molecule has 0 aliphatic heterocycles. The Kier molecular flexibility index (Phi) is 5.33. The number of rotatable bonds is 6. The standard InChI is InChI=1S/C21H21ClN2O3S/c1-12-6-8-14(27-12)11-23-21-19(15-4-3-5-18(15)28-21)20(25)24-16-10-13(22)7-9-17(16)26-2/h6-10,23H,3-5,11H2,1-2H3,(H,24,25). The number of methoxy groups -OCH3 is 1. The number of carbonyl (C=O) groups excluding carboxylic acids is 1. The lowest BCUT2D eigenvalue weighted by Crippen LogP contribution is -2.15. The van der Waals surface area contributed by atoms with E-state index in [1.807, 2.05) is 19.1 Å². The predicted octanol–water partition coefficient (Wildman–Crippen LogP) is 5.66. The maximum Gasteiger partial charge on any atom is 0.259 e. The number of hydrogen-bond donors (Lipinski definition) is 2. The van der Waals surface area contributed by atoms with Crippen LogP contribution < -0.4 is 15.4 Å². The number of thiophene rings is 1. The van der Waals surface area contributed by atoms with Crippen molar-refractivity contribution in [1.82, 2.24) is 0 Å². The number of carbonyl (C=O) groups is 1. The highest BCUT2D eigenvalue weighted by molar-refractivity contribution is 7.16. The van der Waals surface area contributed by atoms with Gasteiger partial charge in [-0.15, -0.1) is 11.3 Å². The number of aryl methyl sites for hydroxylation is 2. The molecule has 0 saturated heterocycles. The average molecular weight is 417 g/mol. The second-order valence-corrected chi connectivity index (χ2v) is 8.27. The summed E-state index contributed by atoms with van der Waals surface area (Å²) < 4.78 is 11.0. The summed E-state index contributed by atoms with van der Waals surface area (Å²) in [6, 6.07) is 9.05. The zero-order chi connectivity index (χ0) is 19.7. The van der Waals surface area contributed by atoms with Crippen LogP contribution in [0.4, 0.5) is 10.7 Å². The summed E-state index contributed by atoms with van der Waals surface area (Å²) in [5.41, 5.74) is 2.41. The average Bonchev–Trinajstić information content (AvgIpc) is 3.35. The molecular formula is C21H21ClN2O3S.